The van der Waals surface area contributed by atoms with E-state index in [0.29, 0.717) is 0 Å². The van der Waals surface area contributed by atoms with Crippen LogP contribution < -0.4 is 0 Å². The standard InChI is InChI=1S/C12H14ClNO2S/c1-14(2)11-7-3-6-10-9(11)5-4-8-12(10)17(13,15)16/h4-5,7-8H,3,6H2,1-2H3. The third-order valence-electron chi connectivity index (χ3n) is 2.89. The summed E-state index contributed by atoms with van der Waals surface area (Å²) >= 11 is 0. The fourth-order valence-corrected chi connectivity index (χ4v) is 3.36. The molecular formula is C12H14ClNO2S. The van der Waals surface area contributed by atoms with Crippen molar-refractivity contribution >= 4 is 25.4 Å². The van der Waals surface area contributed by atoms with Crippen LogP contribution in [0.25, 0.3) is 5.70 Å². The van der Waals surface area contributed by atoms with E-state index in [0.717, 1.165) is 29.7 Å². The molecule has 1 aromatic carbocycles. The lowest BCUT2D eigenvalue weighted by Gasteiger charge is -2.25. The second kappa shape index (κ2) is 4.35. The molecule has 5 heteroatoms. The zero-order chi connectivity index (χ0) is 12.6. The summed E-state index contributed by atoms with van der Waals surface area (Å²) in [5.41, 5.74) is 2.84. The Labute approximate surface area is 106 Å². The van der Waals surface area contributed by atoms with Crippen molar-refractivity contribution < 1.29 is 8.42 Å². The molecule has 0 spiro atoms. The van der Waals surface area contributed by atoms with Gasteiger partial charge < -0.3 is 4.90 Å². The van der Waals surface area contributed by atoms with Crippen LogP contribution in [0.4, 0.5) is 0 Å². The Balaban J connectivity index is 2.66. The van der Waals surface area contributed by atoms with Crippen molar-refractivity contribution in [3.63, 3.8) is 0 Å². The molecule has 0 aliphatic heterocycles. The van der Waals surface area contributed by atoms with Gasteiger partial charge in [0.1, 0.15) is 0 Å². The van der Waals surface area contributed by atoms with Gasteiger partial charge in [-0.05, 0) is 24.5 Å². The van der Waals surface area contributed by atoms with Crippen molar-refractivity contribution in [1.29, 1.82) is 0 Å². The van der Waals surface area contributed by atoms with E-state index >= 15 is 0 Å². The van der Waals surface area contributed by atoms with Crippen LogP contribution in [0.3, 0.4) is 0 Å². The fourth-order valence-electron chi connectivity index (χ4n) is 2.18. The molecule has 0 fully saturated rings. The fraction of sp³-hybridized carbons (Fsp3) is 0.333. The minimum atomic E-state index is -3.67. The molecule has 2 rings (SSSR count). The number of hydrogen-bond acceptors (Lipinski definition) is 3. The summed E-state index contributed by atoms with van der Waals surface area (Å²) in [6.07, 6.45) is 3.67. The highest BCUT2D eigenvalue weighted by atomic mass is 35.7. The first kappa shape index (κ1) is 12.5. The van der Waals surface area contributed by atoms with E-state index in [9.17, 15) is 8.42 Å². The number of nitrogens with zero attached hydrogens (tertiary/aromatic N) is 1. The predicted octanol–water partition coefficient (Wildman–Crippen LogP) is 2.46. The Morgan fingerprint density at radius 2 is 2.00 bits per heavy atom. The Bertz CT molecular complexity index is 576. The second-order valence-electron chi connectivity index (χ2n) is 4.24. The van der Waals surface area contributed by atoms with Crippen LogP contribution in [0, 0.1) is 0 Å². The van der Waals surface area contributed by atoms with Gasteiger partial charge in [0.05, 0.1) is 4.90 Å². The molecule has 1 aromatic rings. The molecule has 3 nitrogen and oxygen atoms in total. The number of fused-ring (bicyclic) bond motifs is 1. The number of hydrogen-bond donors (Lipinski definition) is 0. The molecule has 0 amide bonds. The average molecular weight is 272 g/mol. The lowest BCUT2D eigenvalue weighted by atomic mass is 9.94. The maximum Gasteiger partial charge on any atom is 0.261 e. The molecule has 1 aliphatic rings. The van der Waals surface area contributed by atoms with E-state index in [1.54, 1.807) is 12.1 Å². The molecular weight excluding hydrogens is 258 g/mol. The quantitative estimate of drug-likeness (QED) is 0.776. The summed E-state index contributed by atoms with van der Waals surface area (Å²) in [4.78, 5) is 2.23. The largest absolute Gasteiger partial charge is 0.377 e. The molecule has 0 saturated carbocycles. The number of halogens is 1. The van der Waals surface area contributed by atoms with Crippen molar-refractivity contribution in [3.05, 3.63) is 35.4 Å². The van der Waals surface area contributed by atoms with Crippen LogP contribution >= 0.6 is 10.7 Å². The molecule has 0 atom stereocenters. The van der Waals surface area contributed by atoms with Crippen molar-refractivity contribution in [3.8, 4) is 0 Å². The number of rotatable bonds is 2. The van der Waals surface area contributed by atoms with Crippen LogP contribution in [0.2, 0.25) is 0 Å². The van der Waals surface area contributed by atoms with E-state index in [4.69, 9.17) is 10.7 Å². The van der Waals surface area contributed by atoms with Crippen LogP contribution in [0.1, 0.15) is 17.5 Å². The minimum Gasteiger partial charge on any atom is -0.377 e. The van der Waals surface area contributed by atoms with E-state index in [1.807, 2.05) is 25.1 Å². The molecule has 92 valence electrons. The third-order valence-corrected chi connectivity index (χ3v) is 4.29. The van der Waals surface area contributed by atoms with Gasteiger partial charge in [0.25, 0.3) is 9.05 Å². The Kier molecular flexibility index (Phi) is 3.19. The monoisotopic (exact) mass is 271 g/mol. The molecule has 0 aromatic heterocycles. The molecule has 0 unspecified atom stereocenters. The average Bonchev–Trinajstić information content (AvgIpc) is 2.26. The Morgan fingerprint density at radius 1 is 1.29 bits per heavy atom. The van der Waals surface area contributed by atoms with Gasteiger partial charge in [-0.25, -0.2) is 8.42 Å². The molecule has 0 N–H and O–H groups in total. The third kappa shape index (κ3) is 2.33. The summed E-state index contributed by atoms with van der Waals surface area (Å²) in [5.74, 6) is 0. The number of allylic oxidation sites excluding steroid dienone is 1. The van der Waals surface area contributed by atoms with Gasteiger partial charge in [-0.2, -0.15) is 0 Å². The SMILES string of the molecule is CN(C)C1=CCCc2c1cccc2S(=O)(=O)Cl. The molecule has 0 saturated heterocycles. The summed E-state index contributed by atoms with van der Waals surface area (Å²) in [7, 11) is 5.69. The zero-order valence-electron chi connectivity index (χ0n) is 9.77. The van der Waals surface area contributed by atoms with Gasteiger partial charge in [0, 0.05) is 36.0 Å². The minimum absolute atomic E-state index is 0.240. The van der Waals surface area contributed by atoms with Crippen molar-refractivity contribution in [2.75, 3.05) is 14.1 Å². The van der Waals surface area contributed by atoms with Crippen LogP contribution in [0.5, 0.6) is 0 Å². The van der Waals surface area contributed by atoms with Crippen molar-refractivity contribution in [1.82, 2.24) is 4.90 Å². The highest BCUT2D eigenvalue weighted by molar-refractivity contribution is 8.13. The topological polar surface area (TPSA) is 37.4 Å². The lowest BCUT2D eigenvalue weighted by molar-refractivity contribution is 0.583. The van der Waals surface area contributed by atoms with Gasteiger partial charge in [0.15, 0.2) is 0 Å². The van der Waals surface area contributed by atoms with Gasteiger partial charge in [0.2, 0.25) is 0 Å². The van der Waals surface area contributed by atoms with E-state index in [1.165, 1.54) is 0 Å². The maximum absolute atomic E-state index is 11.5. The van der Waals surface area contributed by atoms with E-state index < -0.39 is 9.05 Å². The second-order valence-corrected chi connectivity index (χ2v) is 6.78. The first-order chi connectivity index (χ1) is 7.91. The van der Waals surface area contributed by atoms with Crippen molar-refractivity contribution in [2.24, 2.45) is 0 Å². The summed E-state index contributed by atoms with van der Waals surface area (Å²) in [6, 6.07) is 5.24. The summed E-state index contributed by atoms with van der Waals surface area (Å²) in [6.45, 7) is 0. The predicted molar refractivity (Wildman–Crippen MR) is 69.5 cm³/mol. The molecule has 17 heavy (non-hydrogen) atoms. The zero-order valence-corrected chi connectivity index (χ0v) is 11.3. The molecule has 0 heterocycles. The van der Waals surface area contributed by atoms with Crippen LogP contribution in [-0.4, -0.2) is 27.4 Å². The summed E-state index contributed by atoms with van der Waals surface area (Å²) in [5, 5.41) is 0. The highest BCUT2D eigenvalue weighted by Crippen LogP contribution is 2.33. The molecule has 0 bridgehead atoms. The van der Waals surface area contributed by atoms with E-state index in [-0.39, 0.29) is 4.90 Å². The molecule has 1 aliphatic carbocycles. The van der Waals surface area contributed by atoms with Crippen LogP contribution in [0.15, 0.2) is 29.2 Å². The van der Waals surface area contributed by atoms with Gasteiger partial charge in [-0.3, -0.25) is 0 Å². The molecule has 0 radical (unpaired) electrons. The van der Waals surface area contributed by atoms with Gasteiger partial charge in [-0.1, -0.05) is 18.2 Å². The normalized spacial score (nSPS) is 15.1. The summed E-state index contributed by atoms with van der Waals surface area (Å²) < 4.78 is 23.0. The van der Waals surface area contributed by atoms with Gasteiger partial charge in [-0.15, -0.1) is 0 Å². The number of benzene rings is 1. The van der Waals surface area contributed by atoms with Crippen LogP contribution in [-0.2, 0) is 15.5 Å². The van der Waals surface area contributed by atoms with E-state index in [2.05, 4.69) is 6.08 Å². The van der Waals surface area contributed by atoms with Crippen molar-refractivity contribution in [2.45, 2.75) is 17.7 Å². The smallest absolute Gasteiger partial charge is 0.261 e. The Hall–Kier alpha value is -1.00. The first-order valence-electron chi connectivity index (χ1n) is 5.35. The highest BCUT2D eigenvalue weighted by Gasteiger charge is 2.22. The maximum atomic E-state index is 11.5. The first-order valence-corrected chi connectivity index (χ1v) is 7.66. The van der Waals surface area contributed by atoms with Gasteiger partial charge >= 0.3 is 0 Å². The lowest BCUT2D eigenvalue weighted by Crippen LogP contribution is -2.15. The Morgan fingerprint density at radius 3 is 2.59 bits per heavy atom.